The van der Waals surface area contributed by atoms with E-state index in [0.29, 0.717) is 11.5 Å². The summed E-state index contributed by atoms with van der Waals surface area (Å²) < 4.78 is 14.8. The van der Waals surface area contributed by atoms with E-state index in [0.717, 1.165) is 28.7 Å². The summed E-state index contributed by atoms with van der Waals surface area (Å²) in [7, 11) is 0. The Morgan fingerprint density at radius 3 is 2.67 bits per heavy atom. The van der Waals surface area contributed by atoms with Crippen LogP contribution in [-0.2, 0) is 5.60 Å². The van der Waals surface area contributed by atoms with Crippen molar-refractivity contribution in [2.75, 3.05) is 0 Å². The number of aromatic amines is 1. The van der Waals surface area contributed by atoms with Crippen LogP contribution < -0.4 is 0 Å². The van der Waals surface area contributed by atoms with E-state index in [9.17, 15) is 9.50 Å². The summed E-state index contributed by atoms with van der Waals surface area (Å²) >= 11 is 0. The van der Waals surface area contributed by atoms with Crippen molar-refractivity contribution in [2.24, 2.45) is 5.92 Å². The van der Waals surface area contributed by atoms with Gasteiger partial charge >= 0.3 is 0 Å². The van der Waals surface area contributed by atoms with Gasteiger partial charge in [-0.15, -0.1) is 0 Å². The molecule has 1 aromatic carbocycles. The average molecular weight is 366 g/mol. The third kappa shape index (κ3) is 3.77. The molecule has 27 heavy (non-hydrogen) atoms. The van der Waals surface area contributed by atoms with E-state index in [4.69, 9.17) is 0 Å². The molecular weight excluding hydrogens is 339 g/mol. The number of nitrogens with one attached hydrogen (secondary N) is 1. The topological polar surface area (TPSA) is 48.9 Å². The van der Waals surface area contributed by atoms with Gasteiger partial charge < -0.3 is 10.1 Å². The molecule has 1 atom stereocenters. The summed E-state index contributed by atoms with van der Waals surface area (Å²) in [5.41, 5.74) is 2.07. The Labute approximate surface area is 159 Å². The lowest BCUT2D eigenvalue weighted by Crippen LogP contribution is -2.18. The minimum Gasteiger partial charge on any atom is -0.386 e. The first-order chi connectivity index (χ1) is 12.9. The molecule has 0 unspecified atom stereocenters. The van der Waals surface area contributed by atoms with Crippen molar-refractivity contribution < 1.29 is 9.50 Å². The zero-order valence-electron chi connectivity index (χ0n) is 16.0. The van der Waals surface area contributed by atoms with Crippen LogP contribution in [0.25, 0.3) is 11.0 Å². The molecule has 0 aliphatic heterocycles. The van der Waals surface area contributed by atoms with Crippen molar-refractivity contribution in [3.63, 3.8) is 0 Å². The van der Waals surface area contributed by atoms with Crippen LogP contribution in [0, 0.1) is 11.7 Å². The molecule has 4 heteroatoms. The number of H-pyrrole nitrogens is 1. The number of halogens is 1. The standard InChI is InChI=1S/C23H27FN2O/c1-23(2,27)19-10-9-16(13-20(19)24)18(12-15-6-3-4-7-15)21-14-17-8-5-11-25-22(17)26-21/h5,8-11,13-15,18,27H,3-4,6-7,12H2,1-2H3,(H,25,26)/t18-/m1/s1. The number of aromatic nitrogens is 2. The second-order valence-electron chi connectivity index (χ2n) is 8.40. The van der Waals surface area contributed by atoms with Crippen LogP contribution in [0.3, 0.4) is 0 Å². The highest BCUT2D eigenvalue weighted by Crippen LogP contribution is 2.39. The van der Waals surface area contributed by atoms with Crippen LogP contribution in [0.4, 0.5) is 4.39 Å². The quantitative estimate of drug-likeness (QED) is 0.614. The Balaban J connectivity index is 1.74. The molecule has 1 saturated carbocycles. The van der Waals surface area contributed by atoms with Gasteiger partial charge in [0.2, 0.25) is 0 Å². The normalized spacial score (nSPS) is 16.9. The van der Waals surface area contributed by atoms with E-state index < -0.39 is 5.60 Å². The molecule has 0 amide bonds. The fraction of sp³-hybridized carbons (Fsp3) is 0.435. The van der Waals surface area contributed by atoms with Crippen molar-refractivity contribution >= 4 is 11.0 Å². The second kappa shape index (κ2) is 7.08. The zero-order chi connectivity index (χ0) is 19.0. The molecule has 1 aliphatic rings. The zero-order valence-corrected chi connectivity index (χ0v) is 16.0. The first kappa shape index (κ1) is 18.2. The maximum absolute atomic E-state index is 14.8. The van der Waals surface area contributed by atoms with Gasteiger partial charge in [-0.05, 0) is 56.0 Å². The second-order valence-corrected chi connectivity index (χ2v) is 8.40. The number of nitrogens with zero attached hydrogens (tertiary/aromatic N) is 1. The molecule has 142 valence electrons. The first-order valence-corrected chi connectivity index (χ1v) is 9.88. The smallest absolute Gasteiger partial charge is 0.137 e. The predicted octanol–water partition coefficient (Wildman–Crippen LogP) is 5.64. The van der Waals surface area contributed by atoms with Crippen LogP contribution in [-0.4, -0.2) is 15.1 Å². The predicted molar refractivity (Wildman–Crippen MR) is 106 cm³/mol. The maximum Gasteiger partial charge on any atom is 0.137 e. The molecule has 3 nitrogen and oxygen atoms in total. The van der Waals surface area contributed by atoms with Crippen molar-refractivity contribution in [2.45, 2.75) is 57.5 Å². The minimum atomic E-state index is -1.19. The molecule has 2 aromatic heterocycles. The summed E-state index contributed by atoms with van der Waals surface area (Å²) in [6, 6.07) is 11.4. The van der Waals surface area contributed by atoms with Gasteiger partial charge in [0.05, 0.1) is 5.60 Å². The molecule has 2 N–H and O–H groups in total. The largest absolute Gasteiger partial charge is 0.386 e. The number of hydrogen-bond acceptors (Lipinski definition) is 2. The van der Waals surface area contributed by atoms with Crippen molar-refractivity contribution in [3.8, 4) is 0 Å². The summed E-state index contributed by atoms with van der Waals surface area (Å²) in [5, 5.41) is 11.3. The molecule has 3 aromatic rings. The molecule has 0 bridgehead atoms. The number of hydrogen-bond donors (Lipinski definition) is 2. The van der Waals surface area contributed by atoms with E-state index in [2.05, 4.69) is 16.0 Å². The number of aliphatic hydroxyl groups is 1. The molecule has 0 radical (unpaired) electrons. The Kier molecular flexibility index (Phi) is 4.77. The average Bonchev–Trinajstić information content (AvgIpc) is 3.27. The molecule has 0 spiro atoms. The first-order valence-electron chi connectivity index (χ1n) is 9.88. The molecule has 1 fully saturated rings. The van der Waals surface area contributed by atoms with E-state index in [1.165, 1.54) is 25.7 Å². The lowest BCUT2D eigenvalue weighted by Gasteiger charge is -2.23. The molecule has 0 saturated heterocycles. The van der Waals surface area contributed by atoms with Gasteiger partial charge in [0, 0.05) is 28.8 Å². The van der Waals surface area contributed by atoms with Gasteiger partial charge in [0.25, 0.3) is 0 Å². The summed E-state index contributed by atoms with van der Waals surface area (Å²) in [6.45, 7) is 3.23. The van der Waals surface area contributed by atoms with Gasteiger partial charge in [-0.25, -0.2) is 9.37 Å². The Bertz CT molecular complexity index is 902. The minimum absolute atomic E-state index is 0.104. The van der Waals surface area contributed by atoms with Crippen LogP contribution in [0.5, 0.6) is 0 Å². The van der Waals surface area contributed by atoms with Gasteiger partial charge in [-0.3, -0.25) is 0 Å². The number of rotatable bonds is 5. The van der Waals surface area contributed by atoms with E-state index >= 15 is 0 Å². The number of pyridine rings is 1. The lowest BCUT2D eigenvalue weighted by atomic mass is 9.84. The third-order valence-corrected chi connectivity index (χ3v) is 5.89. The summed E-state index contributed by atoms with van der Waals surface area (Å²) in [5.74, 6) is 0.435. The van der Waals surface area contributed by atoms with Crippen LogP contribution in [0.1, 0.15) is 68.7 Å². The van der Waals surface area contributed by atoms with Crippen molar-refractivity contribution in [1.82, 2.24) is 9.97 Å². The van der Waals surface area contributed by atoms with Crippen molar-refractivity contribution in [1.29, 1.82) is 0 Å². The number of benzene rings is 1. The van der Waals surface area contributed by atoms with Gasteiger partial charge in [-0.2, -0.15) is 0 Å². The summed E-state index contributed by atoms with van der Waals surface area (Å²) in [6.07, 6.45) is 7.87. The molecule has 4 rings (SSSR count). The van der Waals surface area contributed by atoms with E-state index in [1.54, 1.807) is 32.2 Å². The van der Waals surface area contributed by atoms with E-state index in [-0.39, 0.29) is 11.7 Å². The van der Waals surface area contributed by atoms with E-state index in [1.807, 2.05) is 18.2 Å². The van der Waals surface area contributed by atoms with Gasteiger partial charge in [0.15, 0.2) is 0 Å². The fourth-order valence-corrected chi connectivity index (χ4v) is 4.43. The number of fused-ring (bicyclic) bond motifs is 1. The van der Waals surface area contributed by atoms with Gasteiger partial charge in [-0.1, -0.05) is 37.8 Å². The van der Waals surface area contributed by atoms with Crippen LogP contribution in [0.2, 0.25) is 0 Å². The fourth-order valence-electron chi connectivity index (χ4n) is 4.43. The van der Waals surface area contributed by atoms with Crippen LogP contribution in [0.15, 0.2) is 42.6 Å². The highest BCUT2D eigenvalue weighted by atomic mass is 19.1. The Hall–Kier alpha value is -2.20. The highest BCUT2D eigenvalue weighted by molar-refractivity contribution is 5.76. The molecule has 1 aliphatic carbocycles. The van der Waals surface area contributed by atoms with Crippen molar-refractivity contribution in [3.05, 3.63) is 65.2 Å². The SMILES string of the molecule is CC(C)(O)c1ccc([C@@H](CC2CCCC2)c2cc3cccnc3[nH]2)cc1F. The van der Waals surface area contributed by atoms with Gasteiger partial charge in [0.1, 0.15) is 11.5 Å². The lowest BCUT2D eigenvalue weighted by molar-refractivity contribution is 0.0745. The van der Waals surface area contributed by atoms with Crippen LogP contribution >= 0.6 is 0 Å². The monoisotopic (exact) mass is 366 g/mol. The maximum atomic E-state index is 14.8. The highest BCUT2D eigenvalue weighted by Gasteiger charge is 2.26. The molecular formula is C23H27FN2O. The Morgan fingerprint density at radius 1 is 1.22 bits per heavy atom. The molecule has 2 heterocycles. The third-order valence-electron chi connectivity index (χ3n) is 5.89. The summed E-state index contributed by atoms with van der Waals surface area (Å²) in [4.78, 5) is 7.86. The Morgan fingerprint density at radius 2 is 2.00 bits per heavy atom.